The van der Waals surface area contributed by atoms with Crippen LogP contribution in [0.3, 0.4) is 0 Å². The highest BCUT2D eigenvalue weighted by atomic mass is 16.6. The molecule has 0 radical (unpaired) electrons. The maximum atomic E-state index is 12.0. The molecule has 0 aromatic heterocycles. The van der Waals surface area contributed by atoms with Crippen LogP contribution in [0.15, 0.2) is 30.3 Å². The number of methoxy groups -OCH3 is 1. The van der Waals surface area contributed by atoms with Crippen LogP contribution in [-0.4, -0.2) is 48.1 Å². The molecule has 2 rings (SSSR count). The molecule has 1 amide bonds. The van der Waals surface area contributed by atoms with Crippen molar-refractivity contribution in [1.29, 1.82) is 0 Å². The highest BCUT2D eigenvalue weighted by Crippen LogP contribution is 2.28. The number of carbonyl (C=O) groups is 2. The third-order valence-corrected chi connectivity index (χ3v) is 3.87. The van der Waals surface area contributed by atoms with Gasteiger partial charge in [0.2, 0.25) is 0 Å². The number of esters is 1. The Labute approximate surface area is 134 Å². The molecule has 23 heavy (non-hydrogen) atoms. The summed E-state index contributed by atoms with van der Waals surface area (Å²) in [6.07, 6.45) is -2.61. The fraction of sp³-hybridized carbons (Fsp3) is 0.500. The standard InChI is InChI=1S/C16H21NO6/c1-10-12(16(2,20)13(21-3)14(18)23-10)17-15(19)22-9-11-7-5-4-6-8-11/h4-8,10,12-13,20H,9H2,1-3H3,(H,17,19)/t10-,12+,13-,16+/m0/s1. The summed E-state index contributed by atoms with van der Waals surface area (Å²) in [5, 5.41) is 13.1. The first kappa shape index (κ1) is 17.2. The number of benzene rings is 1. The second-order valence-electron chi connectivity index (χ2n) is 5.67. The molecular weight excluding hydrogens is 302 g/mol. The molecule has 4 atom stereocenters. The van der Waals surface area contributed by atoms with Crippen LogP contribution in [0, 0.1) is 0 Å². The third-order valence-electron chi connectivity index (χ3n) is 3.87. The Morgan fingerprint density at radius 2 is 2.04 bits per heavy atom. The SMILES string of the molecule is CO[C@H]1C(=O)O[C@@H](C)[C@@H](NC(=O)OCc2ccccc2)[C@@]1(C)O. The fourth-order valence-electron chi connectivity index (χ4n) is 2.68. The predicted octanol–water partition coefficient (Wildman–Crippen LogP) is 0.993. The maximum Gasteiger partial charge on any atom is 0.407 e. The second kappa shape index (κ2) is 6.97. The Balaban J connectivity index is 1.99. The first-order valence-corrected chi connectivity index (χ1v) is 7.29. The zero-order valence-electron chi connectivity index (χ0n) is 13.3. The van der Waals surface area contributed by atoms with Crippen molar-refractivity contribution in [2.75, 3.05) is 7.11 Å². The Kier molecular flexibility index (Phi) is 5.23. The van der Waals surface area contributed by atoms with Crippen molar-refractivity contribution < 1.29 is 28.9 Å². The van der Waals surface area contributed by atoms with E-state index in [1.807, 2.05) is 30.3 Å². The Morgan fingerprint density at radius 3 is 2.65 bits per heavy atom. The van der Waals surface area contributed by atoms with Crippen molar-refractivity contribution in [2.45, 2.75) is 44.3 Å². The number of hydrogen-bond donors (Lipinski definition) is 2. The number of carbonyl (C=O) groups excluding carboxylic acids is 2. The lowest BCUT2D eigenvalue weighted by molar-refractivity contribution is -0.205. The number of rotatable bonds is 4. The zero-order valence-corrected chi connectivity index (χ0v) is 13.3. The Bertz CT molecular complexity index is 559. The van der Waals surface area contributed by atoms with Gasteiger partial charge in [-0.2, -0.15) is 0 Å². The molecule has 0 bridgehead atoms. The van der Waals surface area contributed by atoms with Gasteiger partial charge in [-0.25, -0.2) is 9.59 Å². The summed E-state index contributed by atoms with van der Waals surface area (Å²) in [6.45, 7) is 3.10. The van der Waals surface area contributed by atoms with Crippen LogP contribution in [0.25, 0.3) is 0 Å². The molecule has 126 valence electrons. The van der Waals surface area contributed by atoms with Crippen molar-refractivity contribution in [2.24, 2.45) is 0 Å². The predicted molar refractivity (Wildman–Crippen MR) is 80.5 cm³/mol. The van der Waals surface area contributed by atoms with E-state index in [2.05, 4.69) is 5.32 Å². The molecule has 0 aliphatic carbocycles. The van der Waals surface area contributed by atoms with E-state index < -0.39 is 35.9 Å². The van der Waals surface area contributed by atoms with Crippen LogP contribution >= 0.6 is 0 Å². The number of cyclic esters (lactones) is 1. The average Bonchev–Trinajstić information content (AvgIpc) is 2.50. The van der Waals surface area contributed by atoms with E-state index in [0.29, 0.717) is 0 Å². The lowest BCUT2D eigenvalue weighted by atomic mass is 9.84. The van der Waals surface area contributed by atoms with E-state index >= 15 is 0 Å². The number of ether oxygens (including phenoxy) is 3. The van der Waals surface area contributed by atoms with Crippen molar-refractivity contribution >= 4 is 12.1 Å². The van der Waals surface area contributed by atoms with Gasteiger partial charge in [0.05, 0.1) is 0 Å². The minimum Gasteiger partial charge on any atom is -0.458 e. The molecule has 7 heteroatoms. The summed E-state index contributed by atoms with van der Waals surface area (Å²) in [5.74, 6) is -0.666. The maximum absolute atomic E-state index is 12.0. The van der Waals surface area contributed by atoms with Crippen LogP contribution < -0.4 is 5.32 Å². The van der Waals surface area contributed by atoms with Gasteiger partial charge >= 0.3 is 12.1 Å². The van der Waals surface area contributed by atoms with Gasteiger partial charge in [-0.1, -0.05) is 30.3 Å². The molecule has 1 aliphatic rings. The minimum absolute atomic E-state index is 0.101. The monoisotopic (exact) mass is 323 g/mol. The van der Waals surface area contributed by atoms with E-state index in [0.717, 1.165) is 5.56 Å². The lowest BCUT2D eigenvalue weighted by Gasteiger charge is -2.44. The largest absolute Gasteiger partial charge is 0.458 e. The highest BCUT2D eigenvalue weighted by molar-refractivity contribution is 5.78. The van der Waals surface area contributed by atoms with Gasteiger partial charge in [-0.3, -0.25) is 0 Å². The number of amides is 1. The van der Waals surface area contributed by atoms with E-state index in [1.54, 1.807) is 6.92 Å². The summed E-state index contributed by atoms with van der Waals surface area (Å²) in [4.78, 5) is 23.7. The van der Waals surface area contributed by atoms with Gasteiger partial charge in [0.15, 0.2) is 6.10 Å². The normalized spacial score (nSPS) is 30.4. The van der Waals surface area contributed by atoms with Crippen LogP contribution in [0.1, 0.15) is 19.4 Å². The summed E-state index contributed by atoms with van der Waals surface area (Å²) in [6, 6.07) is 8.35. The van der Waals surface area contributed by atoms with Gasteiger partial charge in [0, 0.05) is 7.11 Å². The van der Waals surface area contributed by atoms with Crippen LogP contribution in [0.4, 0.5) is 4.79 Å². The van der Waals surface area contributed by atoms with E-state index in [4.69, 9.17) is 14.2 Å². The topological polar surface area (TPSA) is 94.1 Å². The van der Waals surface area contributed by atoms with E-state index in [-0.39, 0.29) is 6.61 Å². The molecule has 1 saturated heterocycles. The minimum atomic E-state index is -1.62. The lowest BCUT2D eigenvalue weighted by Crippen LogP contribution is -2.68. The number of alkyl carbamates (subject to hydrolysis) is 1. The van der Waals surface area contributed by atoms with Crippen molar-refractivity contribution in [1.82, 2.24) is 5.32 Å². The van der Waals surface area contributed by atoms with Gasteiger partial charge in [0.25, 0.3) is 0 Å². The van der Waals surface area contributed by atoms with Crippen molar-refractivity contribution in [3.05, 3.63) is 35.9 Å². The van der Waals surface area contributed by atoms with Crippen LogP contribution in [0.5, 0.6) is 0 Å². The molecule has 7 nitrogen and oxygen atoms in total. The Morgan fingerprint density at radius 1 is 1.39 bits per heavy atom. The summed E-state index contributed by atoms with van der Waals surface area (Å²) in [5.41, 5.74) is -0.776. The van der Waals surface area contributed by atoms with Crippen molar-refractivity contribution in [3.8, 4) is 0 Å². The first-order chi connectivity index (χ1) is 10.9. The zero-order chi connectivity index (χ0) is 17.0. The molecule has 0 saturated carbocycles. The molecule has 1 heterocycles. The summed E-state index contributed by atoms with van der Waals surface area (Å²) in [7, 11) is 1.29. The quantitative estimate of drug-likeness (QED) is 0.803. The summed E-state index contributed by atoms with van der Waals surface area (Å²) < 4.78 is 15.2. The van der Waals surface area contributed by atoms with Gasteiger partial charge in [-0.05, 0) is 19.4 Å². The Hall–Kier alpha value is -2.12. The highest BCUT2D eigenvalue weighted by Gasteiger charge is 2.53. The van der Waals surface area contributed by atoms with Gasteiger partial charge in [-0.15, -0.1) is 0 Å². The number of nitrogens with one attached hydrogen (secondary N) is 1. The van der Waals surface area contributed by atoms with Gasteiger partial charge < -0.3 is 24.6 Å². The van der Waals surface area contributed by atoms with Crippen molar-refractivity contribution in [3.63, 3.8) is 0 Å². The smallest absolute Gasteiger partial charge is 0.407 e. The van der Waals surface area contributed by atoms with E-state index in [9.17, 15) is 14.7 Å². The third kappa shape index (κ3) is 3.80. The summed E-state index contributed by atoms with van der Waals surface area (Å²) >= 11 is 0. The molecule has 1 aliphatic heterocycles. The van der Waals surface area contributed by atoms with Crippen LogP contribution in [-0.2, 0) is 25.6 Å². The molecule has 1 aromatic rings. The van der Waals surface area contributed by atoms with Crippen LogP contribution in [0.2, 0.25) is 0 Å². The number of aliphatic hydroxyl groups is 1. The number of hydrogen-bond acceptors (Lipinski definition) is 6. The fourth-order valence-corrected chi connectivity index (χ4v) is 2.68. The van der Waals surface area contributed by atoms with Gasteiger partial charge in [0.1, 0.15) is 24.4 Å². The molecule has 1 aromatic carbocycles. The molecule has 0 spiro atoms. The molecule has 2 N–H and O–H groups in total. The second-order valence-corrected chi connectivity index (χ2v) is 5.67. The van der Waals surface area contributed by atoms with E-state index in [1.165, 1.54) is 14.0 Å². The molecule has 1 fully saturated rings. The average molecular weight is 323 g/mol. The molecule has 0 unspecified atom stereocenters. The molecular formula is C16H21NO6. The first-order valence-electron chi connectivity index (χ1n) is 7.29.